The molecule has 1 aliphatic heterocycles. The highest BCUT2D eigenvalue weighted by Gasteiger charge is 2.19. The summed E-state index contributed by atoms with van der Waals surface area (Å²) in [7, 11) is 2.17. The van der Waals surface area contributed by atoms with Crippen molar-refractivity contribution in [1.82, 2.24) is 24.5 Å². The number of fused-ring (bicyclic) bond motifs is 3. The van der Waals surface area contributed by atoms with Gasteiger partial charge < -0.3 is 14.5 Å². The topological polar surface area (TPSA) is 58.8 Å². The van der Waals surface area contributed by atoms with Gasteiger partial charge in [-0.05, 0) is 56.8 Å². The number of anilines is 1. The van der Waals surface area contributed by atoms with Crippen molar-refractivity contribution in [2.75, 3.05) is 44.7 Å². The van der Waals surface area contributed by atoms with Crippen molar-refractivity contribution in [3.05, 3.63) is 47.1 Å². The van der Waals surface area contributed by atoms with Gasteiger partial charge in [-0.15, -0.1) is 10.2 Å². The molecule has 7 nitrogen and oxygen atoms in total. The third-order valence-electron chi connectivity index (χ3n) is 5.99. The van der Waals surface area contributed by atoms with Crippen LogP contribution in [0.3, 0.4) is 0 Å². The number of hydrogen-bond donors (Lipinski definition) is 0. The first-order valence-corrected chi connectivity index (χ1v) is 11.4. The predicted molar refractivity (Wildman–Crippen MR) is 129 cm³/mol. The van der Waals surface area contributed by atoms with Gasteiger partial charge in [-0.25, -0.2) is 4.98 Å². The molecule has 2 aromatic carbocycles. The number of piperazine rings is 1. The number of aromatic nitrogens is 4. The van der Waals surface area contributed by atoms with Crippen molar-refractivity contribution in [2.45, 2.75) is 20.3 Å². The van der Waals surface area contributed by atoms with E-state index in [0.717, 1.165) is 66.3 Å². The largest absolute Gasteiger partial charge is 0.494 e. The molecule has 3 heterocycles. The second-order valence-electron chi connectivity index (χ2n) is 8.33. The minimum Gasteiger partial charge on any atom is -0.494 e. The van der Waals surface area contributed by atoms with Crippen LogP contribution in [0.5, 0.6) is 5.75 Å². The summed E-state index contributed by atoms with van der Waals surface area (Å²) in [5, 5.41) is 9.60. The first-order chi connectivity index (χ1) is 15.5. The monoisotopic (exact) mass is 450 g/mol. The molecule has 166 valence electrons. The number of likely N-dealkylation sites (N-methyl/N-ethyl adjacent to an activating group) is 1. The molecule has 8 heteroatoms. The van der Waals surface area contributed by atoms with Crippen LogP contribution in [0.1, 0.15) is 19.0 Å². The van der Waals surface area contributed by atoms with Crippen LogP contribution in [-0.2, 0) is 0 Å². The van der Waals surface area contributed by atoms with E-state index in [1.165, 1.54) is 5.69 Å². The zero-order chi connectivity index (χ0) is 22.2. The molecule has 1 saturated heterocycles. The maximum absolute atomic E-state index is 6.61. The van der Waals surface area contributed by atoms with Gasteiger partial charge in [-0.3, -0.25) is 4.40 Å². The minimum absolute atomic E-state index is 0.612. The highest BCUT2D eigenvalue weighted by molar-refractivity contribution is 6.33. The summed E-state index contributed by atoms with van der Waals surface area (Å²) in [6, 6.07) is 12.1. The first-order valence-electron chi connectivity index (χ1n) is 11.1. The third-order valence-corrected chi connectivity index (χ3v) is 6.32. The Bertz CT molecular complexity index is 1280. The minimum atomic E-state index is 0.612. The van der Waals surface area contributed by atoms with Crippen molar-refractivity contribution in [2.24, 2.45) is 0 Å². The van der Waals surface area contributed by atoms with Crippen molar-refractivity contribution in [3.8, 4) is 17.1 Å². The number of ether oxygens (including phenoxy) is 1. The van der Waals surface area contributed by atoms with Crippen LogP contribution in [0.25, 0.3) is 28.1 Å². The Morgan fingerprint density at radius 3 is 2.62 bits per heavy atom. The smallest absolute Gasteiger partial charge is 0.183 e. The number of rotatable bonds is 5. The first kappa shape index (κ1) is 21.0. The second-order valence-corrected chi connectivity index (χ2v) is 8.74. The molecule has 1 fully saturated rings. The zero-order valence-electron chi connectivity index (χ0n) is 18.7. The number of nitrogens with zero attached hydrogens (tertiary/aromatic N) is 6. The summed E-state index contributed by atoms with van der Waals surface area (Å²) < 4.78 is 7.91. The fraction of sp³-hybridized carbons (Fsp3) is 0.375. The Hall–Kier alpha value is -2.90. The Kier molecular flexibility index (Phi) is 5.61. The van der Waals surface area contributed by atoms with Gasteiger partial charge in [0.15, 0.2) is 11.5 Å². The lowest BCUT2D eigenvalue weighted by Crippen LogP contribution is -2.44. The second kappa shape index (κ2) is 8.56. The summed E-state index contributed by atoms with van der Waals surface area (Å²) in [4.78, 5) is 9.56. The lowest BCUT2D eigenvalue weighted by Gasteiger charge is -2.34. The van der Waals surface area contributed by atoms with E-state index in [0.29, 0.717) is 17.5 Å². The lowest BCUT2D eigenvalue weighted by atomic mass is 10.1. The van der Waals surface area contributed by atoms with Gasteiger partial charge in [0.1, 0.15) is 5.75 Å². The highest BCUT2D eigenvalue weighted by atomic mass is 35.5. The van der Waals surface area contributed by atoms with E-state index >= 15 is 0 Å². The quantitative estimate of drug-likeness (QED) is 0.448. The van der Waals surface area contributed by atoms with Crippen LogP contribution in [0.2, 0.25) is 5.02 Å². The standard InChI is InChI=1S/C24H27ClN6O/c1-4-13-32-18-6-7-20(25)19(15-18)24-28-27-23-16(2)26-21-8-5-17(14-22(21)31(23)24)30-11-9-29(3)10-12-30/h5-8,14-15H,4,9-13H2,1-3H3. The summed E-state index contributed by atoms with van der Waals surface area (Å²) >= 11 is 6.61. The van der Waals surface area contributed by atoms with Crippen LogP contribution >= 0.6 is 11.6 Å². The Morgan fingerprint density at radius 1 is 1.03 bits per heavy atom. The van der Waals surface area contributed by atoms with Gasteiger partial charge in [-0.1, -0.05) is 18.5 Å². The van der Waals surface area contributed by atoms with Crippen molar-refractivity contribution < 1.29 is 4.74 Å². The van der Waals surface area contributed by atoms with Crippen LogP contribution in [0, 0.1) is 6.92 Å². The molecule has 0 bridgehead atoms. The maximum Gasteiger partial charge on any atom is 0.183 e. The Balaban J connectivity index is 1.68. The van der Waals surface area contributed by atoms with Gasteiger partial charge in [0.25, 0.3) is 0 Å². The Morgan fingerprint density at radius 2 is 1.84 bits per heavy atom. The summed E-state index contributed by atoms with van der Waals surface area (Å²) in [5.41, 5.74) is 5.42. The van der Waals surface area contributed by atoms with Crippen molar-refractivity contribution >= 4 is 34.0 Å². The van der Waals surface area contributed by atoms with Gasteiger partial charge in [0.2, 0.25) is 0 Å². The average molecular weight is 451 g/mol. The summed E-state index contributed by atoms with van der Waals surface area (Å²) in [5.74, 6) is 1.47. The zero-order valence-corrected chi connectivity index (χ0v) is 19.4. The van der Waals surface area contributed by atoms with Gasteiger partial charge in [0, 0.05) is 37.4 Å². The molecular weight excluding hydrogens is 424 g/mol. The molecule has 0 atom stereocenters. The molecule has 0 radical (unpaired) electrons. The van der Waals surface area contributed by atoms with Crippen LogP contribution in [0.4, 0.5) is 5.69 Å². The SMILES string of the molecule is CCCOc1ccc(Cl)c(-c2nnc3c(C)nc4ccc(N5CCN(C)CC5)cc4n23)c1. The van der Waals surface area contributed by atoms with E-state index in [4.69, 9.17) is 21.3 Å². The van der Waals surface area contributed by atoms with Gasteiger partial charge >= 0.3 is 0 Å². The molecule has 4 aromatic rings. The van der Waals surface area contributed by atoms with Crippen molar-refractivity contribution in [3.63, 3.8) is 0 Å². The van der Waals surface area contributed by atoms with Gasteiger partial charge in [0.05, 0.1) is 28.4 Å². The number of hydrogen-bond acceptors (Lipinski definition) is 6. The Labute approximate surface area is 192 Å². The molecule has 0 saturated carbocycles. The molecule has 2 aromatic heterocycles. The number of halogens is 1. The third kappa shape index (κ3) is 3.76. The molecule has 1 aliphatic rings. The van der Waals surface area contributed by atoms with Crippen LogP contribution in [-0.4, -0.2) is 64.3 Å². The van der Waals surface area contributed by atoms with E-state index in [2.05, 4.69) is 56.6 Å². The molecular formula is C24H27ClN6O. The highest BCUT2D eigenvalue weighted by Crippen LogP contribution is 2.33. The molecule has 0 spiro atoms. The fourth-order valence-electron chi connectivity index (χ4n) is 4.18. The maximum atomic E-state index is 6.61. The molecule has 0 amide bonds. The fourth-order valence-corrected chi connectivity index (χ4v) is 4.39. The van der Waals surface area contributed by atoms with Crippen LogP contribution < -0.4 is 9.64 Å². The van der Waals surface area contributed by atoms with Gasteiger partial charge in [-0.2, -0.15) is 0 Å². The van der Waals surface area contributed by atoms with E-state index < -0.39 is 0 Å². The van der Waals surface area contributed by atoms with E-state index in [-0.39, 0.29) is 0 Å². The molecule has 0 aliphatic carbocycles. The molecule has 32 heavy (non-hydrogen) atoms. The summed E-state index contributed by atoms with van der Waals surface area (Å²) in [6.45, 7) is 8.81. The molecule has 0 unspecified atom stereocenters. The van der Waals surface area contributed by atoms with E-state index in [9.17, 15) is 0 Å². The van der Waals surface area contributed by atoms with E-state index in [1.807, 2.05) is 25.1 Å². The molecule has 5 rings (SSSR count). The number of benzene rings is 2. The molecule has 0 N–H and O–H groups in total. The summed E-state index contributed by atoms with van der Waals surface area (Å²) in [6.07, 6.45) is 0.941. The van der Waals surface area contributed by atoms with Crippen molar-refractivity contribution in [1.29, 1.82) is 0 Å². The average Bonchev–Trinajstić information content (AvgIpc) is 3.25. The normalized spacial score (nSPS) is 15.1. The van der Waals surface area contributed by atoms with E-state index in [1.54, 1.807) is 0 Å². The number of aryl methyl sites for hydroxylation is 1. The van der Waals surface area contributed by atoms with Crippen LogP contribution in [0.15, 0.2) is 36.4 Å². The lowest BCUT2D eigenvalue weighted by molar-refractivity contribution is 0.313. The predicted octanol–water partition coefficient (Wildman–Crippen LogP) is 4.45.